The van der Waals surface area contributed by atoms with Gasteiger partial charge >= 0.3 is 12.5 Å². The number of carbonyl (C=O) groups is 2. The van der Waals surface area contributed by atoms with E-state index in [1.54, 1.807) is 0 Å². The van der Waals surface area contributed by atoms with E-state index in [2.05, 4.69) is 15.4 Å². The summed E-state index contributed by atoms with van der Waals surface area (Å²) in [6.45, 7) is -0.503. The van der Waals surface area contributed by atoms with Crippen LogP contribution in [0.4, 0.5) is 26.3 Å². The van der Waals surface area contributed by atoms with E-state index in [0.29, 0.717) is 0 Å². The van der Waals surface area contributed by atoms with Crippen molar-refractivity contribution in [2.45, 2.75) is 12.5 Å². The molecule has 0 heterocycles. The lowest BCUT2D eigenvalue weighted by Crippen LogP contribution is -2.36. The fourth-order valence-corrected chi connectivity index (χ4v) is 3.07. The van der Waals surface area contributed by atoms with Crippen molar-refractivity contribution < 1.29 is 50.5 Å². The second-order valence-electron chi connectivity index (χ2n) is 7.76. The third-order valence-corrected chi connectivity index (χ3v) is 4.85. The zero-order valence-corrected chi connectivity index (χ0v) is 19.8. The van der Waals surface area contributed by atoms with E-state index < -0.39 is 35.7 Å². The minimum Gasteiger partial charge on any atom is -0.457 e. The number of alkyl halides is 6. The molecular weight excluding hydrogens is 534 g/mol. The van der Waals surface area contributed by atoms with Gasteiger partial charge in [-0.1, -0.05) is 12.1 Å². The third-order valence-electron chi connectivity index (χ3n) is 4.85. The van der Waals surface area contributed by atoms with Crippen LogP contribution >= 0.6 is 0 Å². The van der Waals surface area contributed by atoms with E-state index in [-0.39, 0.29) is 41.5 Å². The summed E-state index contributed by atoms with van der Waals surface area (Å²) in [6, 6.07) is 14.0. The van der Waals surface area contributed by atoms with Gasteiger partial charge in [-0.2, -0.15) is 13.2 Å². The first-order valence-corrected chi connectivity index (χ1v) is 11.1. The maximum absolute atomic E-state index is 12.8. The summed E-state index contributed by atoms with van der Waals surface area (Å²) in [5, 5.41) is 13.7. The molecule has 39 heavy (non-hydrogen) atoms. The molecule has 0 aromatic heterocycles. The molecule has 0 unspecified atom stereocenters. The third kappa shape index (κ3) is 9.07. The second-order valence-corrected chi connectivity index (χ2v) is 7.76. The van der Waals surface area contributed by atoms with Crippen LogP contribution in [0.2, 0.25) is 0 Å². The van der Waals surface area contributed by atoms with Crippen molar-refractivity contribution in [3.8, 4) is 17.2 Å². The van der Waals surface area contributed by atoms with E-state index in [4.69, 9.17) is 9.84 Å². The Morgan fingerprint density at radius 3 is 1.85 bits per heavy atom. The van der Waals surface area contributed by atoms with E-state index in [1.165, 1.54) is 42.5 Å². The standard InChI is InChI=1S/C26H20F6N2O5/c27-25(28,29)18-5-11-20(12-6-18)38-19-9-3-17(4-10-19)23(36)34-22(24(37)33-13-14-35)15-16-1-7-21(8-2-16)39-26(30,31)32/h1-12,15,35H,13-14H2,(H,33,37)(H,34,36)/b22-15-. The van der Waals surface area contributed by atoms with Gasteiger partial charge in [0, 0.05) is 12.1 Å². The van der Waals surface area contributed by atoms with Gasteiger partial charge in [0.1, 0.15) is 22.9 Å². The van der Waals surface area contributed by atoms with Crippen LogP contribution in [-0.2, 0) is 11.0 Å². The molecule has 3 N–H and O–H groups in total. The first-order chi connectivity index (χ1) is 18.3. The Bertz CT molecular complexity index is 1300. The molecule has 0 fully saturated rings. The molecule has 0 aliphatic carbocycles. The maximum Gasteiger partial charge on any atom is 0.573 e. The van der Waals surface area contributed by atoms with Gasteiger partial charge in [-0.3, -0.25) is 9.59 Å². The zero-order chi connectivity index (χ0) is 28.6. The molecule has 0 aliphatic heterocycles. The summed E-state index contributed by atoms with van der Waals surface area (Å²) in [4.78, 5) is 25.3. The van der Waals surface area contributed by atoms with Crippen molar-refractivity contribution in [1.82, 2.24) is 10.6 Å². The van der Waals surface area contributed by atoms with Crippen LogP contribution in [0.5, 0.6) is 17.2 Å². The van der Waals surface area contributed by atoms with Crippen molar-refractivity contribution >= 4 is 17.9 Å². The summed E-state index contributed by atoms with van der Waals surface area (Å²) in [5.41, 5.74) is -0.744. The van der Waals surface area contributed by atoms with Crippen LogP contribution in [0.25, 0.3) is 6.08 Å². The average molecular weight is 554 g/mol. The topological polar surface area (TPSA) is 96.9 Å². The molecule has 0 radical (unpaired) electrons. The lowest BCUT2D eigenvalue weighted by Gasteiger charge is -2.12. The van der Waals surface area contributed by atoms with Gasteiger partial charge in [-0.15, -0.1) is 13.2 Å². The summed E-state index contributed by atoms with van der Waals surface area (Å²) in [5.74, 6) is -1.61. The van der Waals surface area contributed by atoms with Crippen molar-refractivity contribution in [3.63, 3.8) is 0 Å². The number of amides is 2. The number of hydrogen-bond acceptors (Lipinski definition) is 5. The van der Waals surface area contributed by atoms with Crippen LogP contribution in [-0.4, -0.2) is 36.4 Å². The van der Waals surface area contributed by atoms with Gasteiger partial charge in [-0.25, -0.2) is 0 Å². The second kappa shape index (κ2) is 12.3. The Morgan fingerprint density at radius 2 is 1.33 bits per heavy atom. The summed E-state index contributed by atoms with van der Waals surface area (Å²) >= 11 is 0. The number of carbonyl (C=O) groups excluding carboxylic acids is 2. The van der Waals surface area contributed by atoms with E-state index in [0.717, 1.165) is 36.4 Å². The van der Waals surface area contributed by atoms with E-state index in [9.17, 15) is 35.9 Å². The highest BCUT2D eigenvalue weighted by atomic mass is 19.4. The molecule has 0 saturated carbocycles. The largest absolute Gasteiger partial charge is 0.573 e. The number of rotatable bonds is 9. The van der Waals surface area contributed by atoms with Gasteiger partial charge < -0.3 is 25.2 Å². The maximum atomic E-state index is 12.8. The lowest BCUT2D eigenvalue weighted by molar-refractivity contribution is -0.274. The normalized spacial score (nSPS) is 12.0. The Morgan fingerprint density at radius 1 is 0.795 bits per heavy atom. The zero-order valence-electron chi connectivity index (χ0n) is 19.8. The molecule has 0 aliphatic rings. The lowest BCUT2D eigenvalue weighted by atomic mass is 10.1. The van der Waals surface area contributed by atoms with Gasteiger partial charge in [0.05, 0.1) is 12.2 Å². The molecule has 3 aromatic carbocycles. The number of aliphatic hydroxyl groups excluding tert-OH is 1. The van der Waals surface area contributed by atoms with E-state index >= 15 is 0 Å². The summed E-state index contributed by atoms with van der Waals surface area (Å²) in [6.07, 6.45) is -8.15. The minimum atomic E-state index is -4.88. The molecule has 3 aromatic rings. The van der Waals surface area contributed by atoms with Gasteiger partial charge in [0.15, 0.2) is 0 Å². The summed E-state index contributed by atoms with van der Waals surface area (Å²) in [7, 11) is 0. The van der Waals surface area contributed by atoms with Crippen LogP contribution in [0.1, 0.15) is 21.5 Å². The van der Waals surface area contributed by atoms with Crippen LogP contribution < -0.4 is 20.1 Å². The fraction of sp³-hybridized carbons (Fsp3) is 0.154. The first kappa shape index (κ1) is 29.0. The Hall–Kier alpha value is -4.52. The minimum absolute atomic E-state index is 0.0875. The smallest absolute Gasteiger partial charge is 0.457 e. The number of ether oxygens (including phenoxy) is 2. The number of halogens is 6. The van der Waals surface area contributed by atoms with Crippen molar-refractivity contribution in [1.29, 1.82) is 0 Å². The van der Waals surface area contributed by atoms with Gasteiger partial charge in [0.2, 0.25) is 0 Å². The highest BCUT2D eigenvalue weighted by Crippen LogP contribution is 2.31. The fourth-order valence-electron chi connectivity index (χ4n) is 3.07. The van der Waals surface area contributed by atoms with Crippen molar-refractivity contribution in [3.05, 3.63) is 95.2 Å². The van der Waals surface area contributed by atoms with Gasteiger partial charge in [-0.05, 0) is 72.3 Å². The number of benzene rings is 3. The number of nitrogens with one attached hydrogen (secondary N) is 2. The average Bonchev–Trinajstić information content (AvgIpc) is 2.87. The van der Waals surface area contributed by atoms with Crippen molar-refractivity contribution in [2.24, 2.45) is 0 Å². The molecule has 7 nitrogen and oxygen atoms in total. The highest BCUT2D eigenvalue weighted by Gasteiger charge is 2.31. The van der Waals surface area contributed by atoms with Gasteiger partial charge in [0.25, 0.3) is 11.8 Å². The predicted molar refractivity (Wildman–Crippen MR) is 127 cm³/mol. The van der Waals surface area contributed by atoms with Crippen molar-refractivity contribution in [2.75, 3.05) is 13.2 Å². The molecule has 206 valence electrons. The molecular formula is C26H20F6N2O5. The van der Waals surface area contributed by atoms with Crippen LogP contribution in [0.3, 0.4) is 0 Å². The monoisotopic (exact) mass is 554 g/mol. The van der Waals surface area contributed by atoms with Crippen LogP contribution in [0.15, 0.2) is 78.5 Å². The molecule has 0 spiro atoms. The molecule has 0 atom stereocenters. The predicted octanol–water partition coefficient (Wildman–Crippen LogP) is 5.28. The molecule has 0 saturated heterocycles. The first-order valence-electron chi connectivity index (χ1n) is 11.1. The van der Waals surface area contributed by atoms with E-state index in [1.807, 2.05) is 0 Å². The Kier molecular flexibility index (Phi) is 9.20. The number of aliphatic hydroxyl groups is 1. The summed E-state index contributed by atoms with van der Waals surface area (Å²) < 4.78 is 84.5. The Labute approximate surface area is 217 Å². The van der Waals surface area contributed by atoms with Crippen LogP contribution in [0, 0.1) is 0 Å². The highest BCUT2D eigenvalue weighted by molar-refractivity contribution is 6.05. The number of hydrogen-bond donors (Lipinski definition) is 3. The Balaban J connectivity index is 1.72. The molecule has 0 bridgehead atoms. The SMILES string of the molecule is O=C(NCCO)/C(=C/c1ccc(OC(F)(F)F)cc1)NC(=O)c1ccc(Oc2ccc(C(F)(F)F)cc2)cc1. The molecule has 13 heteroatoms. The quantitative estimate of drug-likeness (QED) is 0.247. The molecule has 2 amide bonds. The molecule has 3 rings (SSSR count).